The number of carbonyl (C=O) groups excluding carboxylic acids is 1. The van der Waals surface area contributed by atoms with Gasteiger partial charge in [0, 0.05) is 17.5 Å². The lowest BCUT2D eigenvalue weighted by molar-refractivity contribution is 0.0945. The average molecular weight is 374 g/mol. The summed E-state index contributed by atoms with van der Waals surface area (Å²) >= 11 is 0. The van der Waals surface area contributed by atoms with Gasteiger partial charge in [-0.25, -0.2) is 4.98 Å². The van der Waals surface area contributed by atoms with Crippen molar-refractivity contribution >= 4 is 16.8 Å². The number of rotatable bonds is 5. The SMILES string of the molecule is COc1ccc(-c2cc(C(=O)NCC3CCCCC3)c3ccccc3n2)cc1. The molecule has 4 nitrogen and oxygen atoms in total. The zero-order chi connectivity index (χ0) is 19.3. The summed E-state index contributed by atoms with van der Waals surface area (Å²) < 4.78 is 5.24. The Hall–Kier alpha value is -2.88. The smallest absolute Gasteiger partial charge is 0.252 e. The van der Waals surface area contributed by atoms with E-state index in [2.05, 4.69) is 5.32 Å². The van der Waals surface area contributed by atoms with Gasteiger partial charge in [0.1, 0.15) is 5.75 Å². The predicted molar refractivity (Wildman–Crippen MR) is 113 cm³/mol. The van der Waals surface area contributed by atoms with Crippen molar-refractivity contribution in [3.05, 3.63) is 60.2 Å². The average Bonchev–Trinajstić information content (AvgIpc) is 2.77. The van der Waals surface area contributed by atoms with Gasteiger partial charge in [-0.05, 0) is 55.2 Å². The number of aromatic nitrogens is 1. The maximum atomic E-state index is 13.0. The fraction of sp³-hybridized carbons (Fsp3) is 0.333. The molecule has 4 heteroatoms. The van der Waals surface area contributed by atoms with E-state index in [9.17, 15) is 4.79 Å². The summed E-state index contributed by atoms with van der Waals surface area (Å²) in [5, 5.41) is 4.06. The van der Waals surface area contributed by atoms with Crippen LogP contribution in [0.4, 0.5) is 0 Å². The summed E-state index contributed by atoms with van der Waals surface area (Å²) in [4.78, 5) is 17.8. The number of nitrogens with one attached hydrogen (secondary N) is 1. The van der Waals surface area contributed by atoms with Crippen molar-refractivity contribution in [1.82, 2.24) is 10.3 Å². The first-order chi connectivity index (χ1) is 13.7. The Morgan fingerprint density at radius 3 is 2.57 bits per heavy atom. The van der Waals surface area contributed by atoms with Gasteiger partial charge in [0.05, 0.1) is 23.9 Å². The van der Waals surface area contributed by atoms with Gasteiger partial charge in [-0.1, -0.05) is 37.5 Å². The second kappa shape index (κ2) is 8.42. The predicted octanol–water partition coefficient (Wildman–Crippen LogP) is 5.22. The largest absolute Gasteiger partial charge is 0.497 e. The molecule has 1 aliphatic rings. The van der Waals surface area contributed by atoms with Crippen LogP contribution in [0.15, 0.2) is 54.6 Å². The number of pyridine rings is 1. The zero-order valence-corrected chi connectivity index (χ0v) is 16.3. The molecule has 0 saturated heterocycles. The van der Waals surface area contributed by atoms with Crippen LogP contribution in [0.3, 0.4) is 0 Å². The highest BCUT2D eigenvalue weighted by Crippen LogP contribution is 2.27. The third-order valence-electron chi connectivity index (χ3n) is 5.62. The first-order valence-corrected chi connectivity index (χ1v) is 10.1. The molecule has 0 radical (unpaired) electrons. The van der Waals surface area contributed by atoms with Crippen LogP contribution < -0.4 is 10.1 Å². The number of fused-ring (bicyclic) bond motifs is 1. The van der Waals surface area contributed by atoms with Crippen molar-refractivity contribution in [1.29, 1.82) is 0 Å². The van der Waals surface area contributed by atoms with Crippen LogP contribution >= 0.6 is 0 Å². The number of hydrogen-bond donors (Lipinski definition) is 1. The normalized spacial score (nSPS) is 14.8. The standard InChI is InChI=1S/C24H26N2O2/c1-28-19-13-11-18(12-14-19)23-15-21(20-9-5-6-10-22(20)26-23)24(27)25-16-17-7-3-2-4-8-17/h5-6,9-15,17H,2-4,7-8,16H2,1H3,(H,25,27). The highest BCUT2D eigenvalue weighted by atomic mass is 16.5. The molecule has 1 aromatic heterocycles. The van der Waals surface area contributed by atoms with Crippen molar-refractivity contribution in [2.75, 3.05) is 13.7 Å². The van der Waals surface area contributed by atoms with E-state index in [4.69, 9.17) is 9.72 Å². The van der Waals surface area contributed by atoms with E-state index in [0.717, 1.165) is 34.5 Å². The third-order valence-corrected chi connectivity index (χ3v) is 5.62. The number of ether oxygens (including phenoxy) is 1. The first kappa shape index (κ1) is 18.5. The molecule has 0 unspecified atom stereocenters. The minimum atomic E-state index is -0.0149. The van der Waals surface area contributed by atoms with Crippen LogP contribution in [-0.4, -0.2) is 24.5 Å². The Bertz CT molecular complexity index is 960. The molecule has 4 rings (SSSR count). The van der Waals surface area contributed by atoms with Crippen LogP contribution in [0.5, 0.6) is 5.75 Å². The van der Waals surface area contributed by atoms with Gasteiger partial charge in [0.2, 0.25) is 0 Å². The molecule has 1 saturated carbocycles. The van der Waals surface area contributed by atoms with E-state index >= 15 is 0 Å². The molecular weight excluding hydrogens is 348 g/mol. The van der Waals surface area contributed by atoms with E-state index in [0.29, 0.717) is 11.5 Å². The van der Waals surface area contributed by atoms with Crippen molar-refractivity contribution < 1.29 is 9.53 Å². The zero-order valence-electron chi connectivity index (χ0n) is 16.3. The summed E-state index contributed by atoms with van der Waals surface area (Å²) in [7, 11) is 1.65. The second-order valence-corrected chi connectivity index (χ2v) is 7.51. The molecule has 1 fully saturated rings. The van der Waals surface area contributed by atoms with Crippen molar-refractivity contribution in [2.24, 2.45) is 5.92 Å². The molecule has 28 heavy (non-hydrogen) atoms. The summed E-state index contributed by atoms with van der Waals surface area (Å²) in [5.74, 6) is 1.39. The second-order valence-electron chi connectivity index (χ2n) is 7.51. The van der Waals surface area contributed by atoms with Crippen LogP contribution in [0, 0.1) is 5.92 Å². The van der Waals surface area contributed by atoms with E-state index < -0.39 is 0 Å². The van der Waals surface area contributed by atoms with Gasteiger partial charge < -0.3 is 10.1 Å². The van der Waals surface area contributed by atoms with Gasteiger partial charge in [-0.3, -0.25) is 4.79 Å². The van der Waals surface area contributed by atoms with E-state index in [1.807, 2.05) is 54.6 Å². The topological polar surface area (TPSA) is 51.2 Å². The summed E-state index contributed by atoms with van der Waals surface area (Å²) in [6.45, 7) is 0.757. The van der Waals surface area contributed by atoms with Gasteiger partial charge in [0.25, 0.3) is 5.91 Å². The molecule has 2 aromatic carbocycles. The van der Waals surface area contributed by atoms with Crippen LogP contribution in [0.2, 0.25) is 0 Å². The van der Waals surface area contributed by atoms with Gasteiger partial charge in [-0.15, -0.1) is 0 Å². The number of methoxy groups -OCH3 is 1. The molecule has 1 aliphatic carbocycles. The van der Waals surface area contributed by atoms with E-state index in [1.54, 1.807) is 7.11 Å². The molecule has 0 spiro atoms. The first-order valence-electron chi connectivity index (χ1n) is 10.1. The van der Waals surface area contributed by atoms with Gasteiger partial charge in [0.15, 0.2) is 0 Å². The minimum Gasteiger partial charge on any atom is -0.497 e. The Kier molecular flexibility index (Phi) is 5.56. The number of amides is 1. The van der Waals surface area contributed by atoms with Crippen LogP contribution in [-0.2, 0) is 0 Å². The van der Waals surface area contributed by atoms with Gasteiger partial charge >= 0.3 is 0 Å². The lowest BCUT2D eigenvalue weighted by atomic mass is 9.89. The van der Waals surface area contributed by atoms with Crippen molar-refractivity contribution in [3.63, 3.8) is 0 Å². The molecule has 0 atom stereocenters. The molecule has 1 heterocycles. The monoisotopic (exact) mass is 374 g/mol. The summed E-state index contributed by atoms with van der Waals surface area (Å²) in [6, 6.07) is 17.5. The number of para-hydroxylation sites is 1. The maximum Gasteiger partial charge on any atom is 0.252 e. The van der Waals surface area contributed by atoms with E-state index in [-0.39, 0.29) is 5.91 Å². The highest BCUT2D eigenvalue weighted by Gasteiger charge is 2.17. The molecule has 3 aromatic rings. The number of hydrogen-bond acceptors (Lipinski definition) is 3. The van der Waals surface area contributed by atoms with E-state index in [1.165, 1.54) is 32.1 Å². The fourth-order valence-electron chi connectivity index (χ4n) is 4.00. The molecular formula is C24H26N2O2. The fourth-order valence-corrected chi connectivity index (χ4v) is 4.00. The molecule has 0 aliphatic heterocycles. The molecule has 1 N–H and O–H groups in total. The molecule has 0 bridgehead atoms. The Balaban J connectivity index is 1.64. The van der Waals surface area contributed by atoms with Crippen molar-refractivity contribution in [2.45, 2.75) is 32.1 Å². The molecule has 144 valence electrons. The highest BCUT2D eigenvalue weighted by molar-refractivity contribution is 6.07. The minimum absolute atomic E-state index is 0.0149. The van der Waals surface area contributed by atoms with Crippen molar-refractivity contribution in [3.8, 4) is 17.0 Å². The summed E-state index contributed by atoms with van der Waals surface area (Å²) in [5.41, 5.74) is 3.28. The summed E-state index contributed by atoms with van der Waals surface area (Å²) in [6.07, 6.45) is 6.31. The number of nitrogens with zero attached hydrogens (tertiary/aromatic N) is 1. The molecule has 1 amide bonds. The Morgan fingerprint density at radius 2 is 1.82 bits per heavy atom. The Labute approximate surface area is 165 Å². The lowest BCUT2D eigenvalue weighted by Crippen LogP contribution is -2.30. The van der Waals surface area contributed by atoms with Crippen LogP contribution in [0.1, 0.15) is 42.5 Å². The van der Waals surface area contributed by atoms with Gasteiger partial charge in [-0.2, -0.15) is 0 Å². The third kappa shape index (κ3) is 4.01. The van der Waals surface area contributed by atoms with Crippen LogP contribution in [0.25, 0.3) is 22.2 Å². The quantitative estimate of drug-likeness (QED) is 0.666. The number of benzene rings is 2. The number of carbonyl (C=O) groups is 1. The lowest BCUT2D eigenvalue weighted by Gasteiger charge is -2.22. The maximum absolute atomic E-state index is 13.0. The Morgan fingerprint density at radius 1 is 1.07 bits per heavy atom.